The molecule has 2 aromatic carbocycles. The lowest BCUT2D eigenvalue weighted by molar-refractivity contribution is 0.414. The van der Waals surface area contributed by atoms with Crippen LogP contribution in [0.15, 0.2) is 65.9 Å². The fraction of sp³-hybridized carbons (Fsp3) is 0.158. The van der Waals surface area contributed by atoms with Crippen LogP contribution in [0.25, 0.3) is 5.69 Å². The highest BCUT2D eigenvalue weighted by Gasteiger charge is 2.23. The molecular weight excluding hydrogens is 286 g/mol. The summed E-state index contributed by atoms with van der Waals surface area (Å²) in [6.07, 6.45) is 3.81. The molecule has 1 atom stereocenters. The molecule has 1 aliphatic heterocycles. The zero-order valence-corrected chi connectivity index (χ0v) is 13.1. The van der Waals surface area contributed by atoms with Gasteiger partial charge in [0.2, 0.25) is 0 Å². The van der Waals surface area contributed by atoms with Gasteiger partial charge in [-0.25, -0.2) is 4.98 Å². The van der Waals surface area contributed by atoms with Gasteiger partial charge in [-0.1, -0.05) is 30.3 Å². The quantitative estimate of drug-likeness (QED) is 0.722. The maximum absolute atomic E-state index is 5.42. The van der Waals surface area contributed by atoms with Gasteiger partial charge < -0.3 is 9.30 Å². The Balaban J connectivity index is 2.02. The van der Waals surface area contributed by atoms with Crippen molar-refractivity contribution in [1.29, 1.82) is 0 Å². The number of rotatable bonds is 2. The Morgan fingerprint density at radius 3 is 2.70 bits per heavy atom. The van der Waals surface area contributed by atoms with E-state index in [1.807, 2.05) is 42.7 Å². The fourth-order valence-electron chi connectivity index (χ4n) is 3.02. The molecule has 3 aromatic rings. The van der Waals surface area contributed by atoms with Crippen LogP contribution in [-0.4, -0.2) is 22.4 Å². The average molecular weight is 303 g/mol. The largest absolute Gasteiger partial charge is 0.497 e. The van der Waals surface area contributed by atoms with Crippen LogP contribution in [0.5, 0.6) is 5.75 Å². The zero-order valence-electron chi connectivity index (χ0n) is 13.1. The Morgan fingerprint density at radius 2 is 1.91 bits per heavy atom. The summed E-state index contributed by atoms with van der Waals surface area (Å²) in [7, 11) is 1.68. The van der Waals surface area contributed by atoms with Crippen LogP contribution in [-0.2, 0) is 0 Å². The zero-order chi connectivity index (χ0) is 15.8. The van der Waals surface area contributed by atoms with Crippen molar-refractivity contribution in [2.45, 2.75) is 13.0 Å². The number of methoxy groups -OCH3 is 1. The lowest BCUT2D eigenvalue weighted by Gasteiger charge is -2.13. The molecule has 1 unspecified atom stereocenters. The number of imidazole rings is 1. The first-order valence-electron chi connectivity index (χ1n) is 7.63. The van der Waals surface area contributed by atoms with E-state index < -0.39 is 0 Å². The summed E-state index contributed by atoms with van der Waals surface area (Å²) < 4.78 is 7.53. The normalized spacial score (nSPS) is 16.1. The summed E-state index contributed by atoms with van der Waals surface area (Å²) in [6.45, 7) is 2.07. The summed E-state index contributed by atoms with van der Waals surface area (Å²) in [4.78, 5) is 9.45. The maximum Gasteiger partial charge on any atom is 0.137 e. The second-order valence-corrected chi connectivity index (χ2v) is 5.56. The van der Waals surface area contributed by atoms with Crippen molar-refractivity contribution < 1.29 is 4.74 Å². The van der Waals surface area contributed by atoms with Gasteiger partial charge in [-0.3, -0.25) is 4.99 Å². The summed E-state index contributed by atoms with van der Waals surface area (Å²) in [6, 6.07) is 16.3. The average Bonchev–Trinajstić information content (AvgIpc) is 3.05. The molecule has 0 radical (unpaired) electrons. The summed E-state index contributed by atoms with van der Waals surface area (Å²) >= 11 is 0. The van der Waals surface area contributed by atoms with Crippen LogP contribution in [0, 0.1) is 0 Å². The summed E-state index contributed by atoms with van der Waals surface area (Å²) in [5, 5.41) is 0. The Labute approximate surface area is 135 Å². The highest BCUT2D eigenvalue weighted by atomic mass is 16.5. The third-order valence-electron chi connectivity index (χ3n) is 4.13. The second kappa shape index (κ2) is 5.39. The van der Waals surface area contributed by atoms with Gasteiger partial charge in [-0.05, 0) is 25.1 Å². The predicted molar refractivity (Wildman–Crippen MR) is 90.6 cm³/mol. The minimum absolute atomic E-state index is 0.0152. The predicted octanol–water partition coefficient (Wildman–Crippen LogP) is 3.79. The third kappa shape index (κ3) is 2.23. The van der Waals surface area contributed by atoms with E-state index >= 15 is 0 Å². The van der Waals surface area contributed by atoms with Crippen molar-refractivity contribution in [3.8, 4) is 11.4 Å². The highest BCUT2D eigenvalue weighted by Crippen LogP contribution is 2.31. The van der Waals surface area contributed by atoms with E-state index in [1.54, 1.807) is 7.11 Å². The van der Waals surface area contributed by atoms with E-state index in [4.69, 9.17) is 9.73 Å². The summed E-state index contributed by atoms with van der Waals surface area (Å²) in [5.74, 6) is 1.77. The molecule has 0 fully saturated rings. The monoisotopic (exact) mass is 303 g/mol. The van der Waals surface area contributed by atoms with E-state index in [1.165, 1.54) is 0 Å². The van der Waals surface area contributed by atoms with Crippen molar-refractivity contribution in [2.75, 3.05) is 7.11 Å². The smallest absolute Gasteiger partial charge is 0.137 e. The number of nitrogens with zero attached hydrogens (tertiary/aromatic N) is 3. The molecule has 1 aromatic heterocycles. The van der Waals surface area contributed by atoms with Gasteiger partial charge in [0, 0.05) is 23.5 Å². The van der Waals surface area contributed by atoms with Gasteiger partial charge in [0.25, 0.3) is 0 Å². The number of benzene rings is 2. The molecule has 0 N–H and O–H groups in total. The topological polar surface area (TPSA) is 39.4 Å². The van der Waals surface area contributed by atoms with Gasteiger partial charge in [0.15, 0.2) is 0 Å². The van der Waals surface area contributed by atoms with Crippen molar-refractivity contribution >= 4 is 5.71 Å². The van der Waals surface area contributed by atoms with Crippen LogP contribution in [0.2, 0.25) is 0 Å². The van der Waals surface area contributed by atoms with Crippen LogP contribution in [0.1, 0.15) is 29.9 Å². The number of aliphatic imine (C=N–C) groups is 1. The number of hydrogen-bond donors (Lipinski definition) is 0. The minimum Gasteiger partial charge on any atom is -0.497 e. The van der Waals surface area contributed by atoms with E-state index in [0.717, 1.165) is 34.1 Å². The minimum atomic E-state index is -0.0152. The standard InChI is InChI=1S/C19H17N3O/c1-13-19-20-10-11-22(19)17-9-8-15(23-2)12-16(17)18(21-13)14-6-4-3-5-7-14/h3-13H,1-2H3. The summed E-state index contributed by atoms with van der Waals surface area (Å²) in [5.41, 5.74) is 4.20. The lowest BCUT2D eigenvalue weighted by Crippen LogP contribution is -2.07. The van der Waals surface area contributed by atoms with Crippen LogP contribution in [0.3, 0.4) is 0 Å². The van der Waals surface area contributed by atoms with Crippen LogP contribution in [0.4, 0.5) is 0 Å². The van der Waals surface area contributed by atoms with E-state index in [9.17, 15) is 0 Å². The number of hydrogen-bond acceptors (Lipinski definition) is 3. The molecular formula is C19H17N3O. The molecule has 0 spiro atoms. The molecule has 0 aliphatic carbocycles. The van der Waals surface area contributed by atoms with Gasteiger partial charge in [-0.2, -0.15) is 0 Å². The lowest BCUT2D eigenvalue weighted by atomic mass is 10.00. The first-order valence-corrected chi connectivity index (χ1v) is 7.63. The molecule has 0 saturated heterocycles. The molecule has 0 saturated carbocycles. The third-order valence-corrected chi connectivity index (χ3v) is 4.13. The molecule has 4 heteroatoms. The number of aromatic nitrogens is 2. The second-order valence-electron chi connectivity index (χ2n) is 5.56. The number of fused-ring (bicyclic) bond motifs is 3. The molecule has 0 bridgehead atoms. The van der Waals surface area contributed by atoms with Crippen molar-refractivity contribution in [1.82, 2.24) is 9.55 Å². The maximum atomic E-state index is 5.42. The Kier molecular flexibility index (Phi) is 3.23. The van der Waals surface area contributed by atoms with E-state index in [0.29, 0.717) is 0 Å². The first kappa shape index (κ1) is 13.8. The number of ether oxygens (including phenoxy) is 1. The van der Waals surface area contributed by atoms with Crippen molar-refractivity contribution in [3.05, 3.63) is 77.9 Å². The Hall–Kier alpha value is -2.88. The molecule has 2 heterocycles. The highest BCUT2D eigenvalue weighted by molar-refractivity contribution is 6.15. The first-order chi connectivity index (χ1) is 11.3. The van der Waals surface area contributed by atoms with Gasteiger partial charge in [0.1, 0.15) is 17.6 Å². The van der Waals surface area contributed by atoms with Gasteiger partial charge >= 0.3 is 0 Å². The van der Waals surface area contributed by atoms with E-state index in [2.05, 4.69) is 34.7 Å². The SMILES string of the molecule is COc1ccc2c(c1)C(c1ccccc1)=NC(C)c1nccn1-2. The molecule has 4 nitrogen and oxygen atoms in total. The van der Waals surface area contributed by atoms with Crippen LogP contribution >= 0.6 is 0 Å². The molecule has 23 heavy (non-hydrogen) atoms. The molecule has 1 aliphatic rings. The van der Waals surface area contributed by atoms with Crippen LogP contribution < -0.4 is 4.74 Å². The van der Waals surface area contributed by atoms with Crippen molar-refractivity contribution in [2.24, 2.45) is 4.99 Å². The fourth-order valence-corrected chi connectivity index (χ4v) is 3.02. The van der Waals surface area contributed by atoms with Crippen molar-refractivity contribution in [3.63, 3.8) is 0 Å². The Morgan fingerprint density at radius 1 is 1.09 bits per heavy atom. The Bertz CT molecular complexity index is 881. The molecule has 114 valence electrons. The van der Waals surface area contributed by atoms with Gasteiger partial charge in [0.05, 0.1) is 18.5 Å². The molecule has 4 rings (SSSR count). The van der Waals surface area contributed by atoms with Gasteiger partial charge in [-0.15, -0.1) is 0 Å². The van der Waals surface area contributed by atoms with E-state index in [-0.39, 0.29) is 6.04 Å². The molecule has 0 amide bonds.